The van der Waals surface area contributed by atoms with E-state index in [1.165, 1.54) is 38.3 Å². The zero-order valence-corrected chi connectivity index (χ0v) is 17.7. The monoisotopic (exact) mass is 431 g/mol. The molecule has 4 nitrogen and oxygen atoms in total. The predicted octanol–water partition coefficient (Wildman–Crippen LogP) is 6.37. The van der Waals surface area contributed by atoms with Gasteiger partial charge in [0, 0.05) is 5.56 Å². The Morgan fingerprint density at radius 2 is 1.79 bits per heavy atom. The van der Waals surface area contributed by atoms with Crippen LogP contribution < -0.4 is 9.46 Å². The van der Waals surface area contributed by atoms with Gasteiger partial charge in [0.25, 0.3) is 0 Å². The highest BCUT2D eigenvalue weighted by Gasteiger charge is 2.17. The van der Waals surface area contributed by atoms with Crippen LogP contribution in [0.3, 0.4) is 0 Å². The van der Waals surface area contributed by atoms with Crippen LogP contribution in [-0.4, -0.2) is 20.2 Å². The second-order valence-corrected chi connectivity index (χ2v) is 7.44. The average molecular weight is 432 g/mol. The first-order valence-electron chi connectivity index (χ1n) is 8.69. The molecule has 0 radical (unpaired) electrons. The second kappa shape index (κ2) is 9.20. The number of methoxy groups -OCH3 is 2. The summed E-state index contributed by atoms with van der Waals surface area (Å²) in [5.74, 6) is -0.415. The molecule has 150 valence electrons. The third-order valence-electron chi connectivity index (χ3n) is 4.36. The molecule has 0 bridgehead atoms. The first kappa shape index (κ1) is 21.0. The van der Waals surface area contributed by atoms with Crippen LogP contribution in [0.4, 0.5) is 10.1 Å². The van der Waals surface area contributed by atoms with E-state index in [1.807, 2.05) is 36.4 Å². The maximum absolute atomic E-state index is 14.5. The van der Waals surface area contributed by atoms with Gasteiger partial charge in [-0.1, -0.05) is 41.9 Å². The van der Waals surface area contributed by atoms with E-state index < -0.39 is 5.97 Å². The highest BCUT2D eigenvalue weighted by Crippen LogP contribution is 2.38. The molecule has 0 atom stereocenters. The van der Waals surface area contributed by atoms with Crippen LogP contribution in [0.1, 0.15) is 15.9 Å². The summed E-state index contributed by atoms with van der Waals surface area (Å²) in [5, 5.41) is 0.278. The van der Waals surface area contributed by atoms with Crippen LogP contribution in [-0.2, 0) is 4.74 Å². The van der Waals surface area contributed by atoms with Gasteiger partial charge in [-0.25, -0.2) is 9.18 Å². The number of carbonyl (C=O) groups is 1. The normalized spacial score (nSPS) is 10.5. The Morgan fingerprint density at radius 1 is 1.07 bits per heavy atom. The zero-order chi connectivity index (χ0) is 21.0. The molecule has 3 aromatic rings. The summed E-state index contributed by atoms with van der Waals surface area (Å²) in [4.78, 5) is 12.5. The fourth-order valence-electron chi connectivity index (χ4n) is 2.77. The van der Waals surface area contributed by atoms with Crippen molar-refractivity contribution in [3.05, 3.63) is 76.6 Å². The summed E-state index contributed by atoms with van der Waals surface area (Å²) in [6.07, 6.45) is 0. The number of halogens is 2. The van der Waals surface area contributed by atoms with Crippen molar-refractivity contribution in [2.24, 2.45) is 0 Å². The average Bonchev–Trinajstić information content (AvgIpc) is 2.74. The summed E-state index contributed by atoms with van der Waals surface area (Å²) >= 11 is 7.42. The van der Waals surface area contributed by atoms with E-state index in [0.717, 1.165) is 11.1 Å². The van der Waals surface area contributed by atoms with E-state index in [4.69, 9.17) is 21.1 Å². The van der Waals surface area contributed by atoms with E-state index >= 15 is 0 Å². The van der Waals surface area contributed by atoms with Gasteiger partial charge in [-0.2, -0.15) is 0 Å². The van der Waals surface area contributed by atoms with E-state index in [9.17, 15) is 9.18 Å². The Morgan fingerprint density at radius 3 is 2.45 bits per heavy atom. The van der Waals surface area contributed by atoms with Gasteiger partial charge in [0.2, 0.25) is 0 Å². The van der Waals surface area contributed by atoms with Crippen molar-refractivity contribution in [3.63, 3.8) is 0 Å². The van der Waals surface area contributed by atoms with Crippen molar-refractivity contribution >= 4 is 35.2 Å². The van der Waals surface area contributed by atoms with Gasteiger partial charge >= 0.3 is 5.97 Å². The quantitative estimate of drug-likeness (QED) is 0.363. The van der Waals surface area contributed by atoms with Crippen LogP contribution in [0.2, 0.25) is 5.02 Å². The fraction of sp³-hybridized carbons (Fsp3) is 0.136. The number of benzene rings is 3. The van der Waals surface area contributed by atoms with Gasteiger partial charge in [0.1, 0.15) is 5.82 Å². The third kappa shape index (κ3) is 4.66. The second-order valence-electron chi connectivity index (χ2n) is 6.18. The molecule has 0 spiro atoms. The van der Waals surface area contributed by atoms with Crippen molar-refractivity contribution in [2.45, 2.75) is 11.8 Å². The van der Waals surface area contributed by atoms with Crippen LogP contribution in [0.5, 0.6) is 5.75 Å². The number of anilines is 1. The molecule has 7 heteroatoms. The molecule has 0 aromatic heterocycles. The van der Waals surface area contributed by atoms with Crippen molar-refractivity contribution in [2.75, 3.05) is 18.9 Å². The number of carbonyl (C=O) groups excluding carboxylic acids is 1. The van der Waals surface area contributed by atoms with Crippen LogP contribution in [0, 0.1) is 12.7 Å². The number of rotatable bonds is 6. The summed E-state index contributed by atoms with van der Waals surface area (Å²) in [5.41, 5.74) is 3.04. The maximum atomic E-state index is 14.5. The number of esters is 1. The number of ether oxygens (including phenoxy) is 2. The van der Waals surface area contributed by atoms with E-state index in [2.05, 4.69) is 4.72 Å². The molecule has 29 heavy (non-hydrogen) atoms. The minimum absolute atomic E-state index is 0.278. The minimum Gasteiger partial charge on any atom is -0.494 e. The van der Waals surface area contributed by atoms with E-state index in [0.29, 0.717) is 27.5 Å². The minimum atomic E-state index is -0.510. The standard InChI is InChI=1S/C22H19ClFNO3S/c1-13-18(24)10-15(14-7-5-4-6-8-14)11-19(13)25-29-20-12-16(22(26)28-3)9-17(23)21(20)27-2/h4-12,25H,1-3H3. The number of hydrogen-bond donors (Lipinski definition) is 1. The van der Waals surface area contributed by atoms with Crippen molar-refractivity contribution in [1.82, 2.24) is 0 Å². The molecule has 0 aliphatic heterocycles. The maximum Gasteiger partial charge on any atom is 0.337 e. The predicted molar refractivity (Wildman–Crippen MR) is 115 cm³/mol. The van der Waals surface area contributed by atoms with Crippen molar-refractivity contribution < 1.29 is 18.7 Å². The molecule has 0 saturated carbocycles. The number of nitrogens with one attached hydrogen (secondary N) is 1. The van der Waals surface area contributed by atoms with Crippen LogP contribution in [0.25, 0.3) is 11.1 Å². The zero-order valence-electron chi connectivity index (χ0n) is 16.1. The molecule has 0 fully saturated rings. The fourth-order valence-corrected chi connectivity index (χ4v) is 4.03. The summed E-state index contributed by atoms with van der Waals surface area (Å²) in [6, 6.07) is 16.0. The van der Waals surface area contributed by atoms with Crippen molar-refractivity contribution in [3.8, 4) is 16.9 Å². The highest BCUT2D eigenvalue weighted by atomic mass is 35.5. The molecule has 0 aliphatic carbocycles. The Hall–Kier alpha value is -2.70. The number of hydrogen-bond acceptors (Lipinski definition) is 5. The first-order chi connectivity index (χ1) is 13.9. The molecule has 0 aliphatic rings. The molecule has 0 amide bonds. The van der Waals surface area contributed by atoms with E-state index in [1.54, 1.807) is 13.0 Å². The summed E-state index contributed by atoms with van der Waals surface area (Å²) in [6.45, 7) is 1.70. The molecule has 3 rings (SSSR count). The van der Waals surface area contributed by atoms with Gasteiger partial charge in [-0.05, 0) is 54.3 Å². The lowest BCUT2D eigenvalue weighted by molar-refractivity contribution is 0.0600. The SMILES string of the molecule is COC(=O)c1cc(Cl)c(OC)c(SNc2cc(-c3ccccc3)cc(F)c2C)c1. The van der Waals surface area contributed by atoms with Gasteiger partial charge in [0.05, 0.1) is 35.4 Å². The van der Waals surface area contributed by atoms with Gasteiger partial charge < -0.3 is 14.2 Å². The van der Waals surface area contributed by atoms with Gasteiger partial charge in [0.15, 0.2) is 5.75 Å². The highest BCUT2D eigenvalue weighted by molar-refractivity contribution is 8.00. The van der Waals surface area contributed by atoms with Gasteiger partial charge in [-0.15, -0.1) is 0 Å². The molecule has 0 saturated heterocycles. The summed E-state index contributed by atoms with van der Waals surface area (Å²) in [7, 11) is 2.79. The Bertz CT molecular complexity index is 1040. The largest absolute Gasteiger partial charge is 0.494 e. The molecule has 1 N–H and O–H groups in total. The van der Waals surface area contributed by atoms with E-state index in [-0.39, 0.29) is 10.8 Å². The lowest BCUT2D eigenvalue weighted by Crippen LogP contribution is -2.03. The topological polar surface area (TPSA) is 47.6 Å². The van der Waals surface area contributed by atoms with Crippen LogP contribution in [0.15, 0.2) is 59.5 Å². The smallest absolute Gasteiger partial charge is 0.337 e. The molecule has 0 heterocycles. The van der Waals surface area contributed by atoms with Crippen molar-refractivity contribution in [1.29, 1.82) is 0 Å². The first-order valence-corrected chi connectivity index (χ1v) is 9.88. The molecule has 0 unspecified atom stereocenters. The van der Waals surface area contributed by atoms with Gasteiger partial charge in [-0.3, -0.25) is 0 Å². The van der Waals surface area contributed by atoms with Crippen LogP contribution >= 0.6 is 23.5 Å². The molecule has 3 aromatic carbocycles. The molecular weight excluding hydrogens is 413 g/mol. The lowest BCUT2D eigenvalue weighted by atomic mass is 10.0. The third-order valence-corrected chi connectivity index (χ3v) is 5.48. The lowest BCUT2D eigenvalue weighted by Gasteiger charge is -2.15. The Balaban J connectivity index is 1.94. The molecular formula is C22H19ClFNO3S. The summed E-state index contributed by atoms with van der Waals surface area (Å²) < 4.78 is 27.8. The Kier molecular flexibility index (Phi) is 6.67. The Labute approximate surface area is 178 Å².